The monoisotopic (exact) mass is 470 g/mol. The normalized spacial score (nSPS) is 17.5. The molecule has 1 aromatic carbocycles. The number of carbonyl (C=O) groups is 3. The van der Waals surface area contributed by atoms with E-state index in [1.54, 1.807) is 34.0 Å². The molecule has 11 heteroatoms. The molecule has 1 saturated heterocycles. The van der Waals surface area contributed by atoms with Gasteiger partial charge in [-0.15, -0.1) is 0 Å². The van der Waals surface area contributed by atoms with Crippen molar-refractivity contribution in [3.05, 3.63) is 68.0 Å². The standard InChI is InChI=1S/C23H26N4O7/c1-12-16(13(2)24-18(12)23(31)34-5)20(28)17-19(14-7-6-8-15(11-14)27(32)33)26(10-9-25(3)4)22(30)21(17)29/h6-8,11,19,24,28H,9-10H2,1-5H3/t19-/m1/s1. The van der Waals surface area contributed by atoms with E-state index < -0.39 is 34.4 Å². The number of benzene rings is 1. The van der Waals surface area contributed by atoms with E-state index in [4.69, 9.17) is 4.74 Å². The molecule has 0 radical (unpaired) electrons. The fraction of sp³-hybridized carbons (Fsp3) is 0.348. The van der Waals surface area contributed by atoms with Gasteiger partial charge in [0.15, 0.2) is 0 Å². The van der Waals surface area contributed by atoms with Crippen LogP contribution in [-0.4, -0.2) is 76.8 Å². The Balaban J connectivity index is 2.26. The molecule has 0 aliphatic carbocycles. The van der Waals surface area contributed by atoms with Crippen LogP contribution in [0.5, 0.6) is 0 Å². The number of hydrogen-bond donors (Lipinski definition) is 2. The predicted octanol–water partition coefficient (Wildman–Crippen LogP) is 2.31. The second-order valence-corrected chi connectivity index (χ2v) is 8.26. The van der Waals surface area contributed by atoms with Crippen molar-refractivity contribution in [2.45, 2.75) is 19.9 Å². The van der Waals surface area contributed by atoms with Crippen LogP contribution >= 0.6 is 0 Å². The van der Waals surface area contributed by atoms with E-state index in [9.17, 15) is 29.6 Å². The van der Waals surface area contributed by atoms with Crippen molar-refractivity contribution >= 4 is 29.1 Å². The Morgan fingerprint density at radius 1 is 1.29 bits per heavy atom. The van der Waals surface area contributed by atoms with Crippen molar-refractivity contribution in [3.8, 4) is 0 Å². The molecule has 2 aromatic rings. The second kappa shape index (κ2) is 9.48. The summed E-state index contributed by atoms with van der Waals surface area (Å²) < 4.78 is 4.76. The van der Waals surface area contributed by atoms with Crippen LogP contribution in [0.25, 0.3) is 5.76 Å². The van der Waals surface area contributed by atoms with Crippen LogP contribution in [0.1, 0.15) is 38.9 Å². The number of non-ortho nitro benzene ring substituents is 1. The average molecular weight is 470 g/mol. The van der Waals surface area contributed by atoms with Gasteiger partial charge in [0.2, 0.25) is 0 Å². The molecule has 1 aliphatic rings. The summed E-state index contributed by atoms with van der Waals surface area (Å²) in [5.41, 5.74) is 0.944. The third kappa shape index (κ3) is 4.29. The summed E-state index contributed by atoms with van der Waals surface area (Å²) in [5, 5.41) is 22.7. The number of nitro groups is 1. The predicted molar refractivity (Wildman–Crippen MR) is 122 cm³/mol. The maximum atomic E-state index is 13.1. The highest BCUT2D eigenvalue weighted by Gasteiger charge is 2.46. The third-order valence-corrected chi connectivity index (χ3v) is 5.79. The molecule has 0 saturated carbocycles. The maximum Gasteiger partial charge on any atom is 0.354 e. The number of ketones is 1. The molecule has 2 N–H and O–H groups in total. The van der Waals surface area contributed by atoms with Gasteiger partial charge in [0.1, 0.15) is 11.5 Å². The molecule has 180 valence electrons. The van der Waals surface area contributed by atoms with Crippen LogP contribution in [0.15, 0.2) is 29.8 Å². The van der Waals surface area contributed by atoms with Crippen LogP contribution in [0.2, 0.25) is 0 Å². The number of likely N-dealkylation sites (N-methyl/N-ethyl adjacent to an activating group) is 1. The lowest BCUT2D eigenvalue weighted by Crippen LogP contribution is -2.35. The zero-order valence-corrected chi connectivity index (χ0v) is 19.5. The highest BCUT2D eigenvalue weighted by molar-refractivity contribution is 6.46. The Hall–Kier alpha value is -3.99. The molecule has 0 bridgehead atoms. The molecular weight excluding hydrogens is 444 g/mol. The number of nitrogens with one attached hydrogen (secondary N) is 1. The summed E-state index contributed by atoms with van der Waals surface area (Å²) in [7, 11) is 4.83. The largest absolute Gasteiger partial charge is 0.507 e. The van der Waals surface area contributed by atoms with E-state index in [-0.39, 0.29) is 29.1 Å². The van der Waals surface area contributed by atoms with Crippen molar-refractivity contribution in [2.75, 3.05) is 34.3 Å². The molecule has 3 rings (SSSR count). The number of aliphatic hydroxyl groups excluding tert-OH is 1. The van der Waals surface area contributed by atoms with Gasteiger partial charge in [-0.1, -0.05) is 12.1 Å². The summed E-state index contributed by atoms with van der Waals surface area (Å²) in [6.45, 7) is 3.77. The SMILES string of the molecule is COC(=O)c1[nH]c(C)c(C(O)=C2C(=O)C(=O)N(CCN(C)C)[C@@H]2c2cccc([N+](=O)[O-])c2)c1C. The van der Waals surface area contributed by atoms with E-state index in [2.05, 4.69) is 4.98 Å². The number of carbonyl (C=O) groups excluding carboxylic acids is 3. The van der Waals surface area contributed by atoms with Crippen molar-refractivity contribution in [2.24, 2.45) is 0 Å². The number of rotatable bonds is 7. The summed E-state index contributed by atoms with van der Waals surface area (Å²) >= 11 is 0. The fourth-order valence-corrected chi connectivity index (χ4v) is 4.12. The number of amides is 1. The summed E-state index contributed by atoms with van der Waals surface area (Å²) in [6.07, 6.45) is 0. The lowest BCUT2D eigenvalue weighted by molar-refractivity contribution is -0.384. The number of esters is 1. The molecule has 1 aliphatic heterocycles. The number of methoxy groups -OCH3 is 1. The van der Waals surface area contributed by atoms with E-state index >= 15 is 0 Å². The first-order valence-corrected chi connectivity index (χ1v) is 10.4. The van der Waals surface area contributed by atoms with Crippen molar-refractivity contribution in [1.82, 2.24) is 14.8 Å². The number of aromatic nitrogens is 1. The first-order chi connectivity index (χ1) is 16.0. The first kappa shape index (κ1) is 24.6. The highest BCUT2D eigenvalue weighted by atomic mass is 16.6. The van der Waals surface area contributed by atoms with Gasteiger partial charge in [-0.3, -0.25) is 19.7 Å². The molecular formula is C23H26N4O7. The zero-order valence-electron chi connectivity index (χ0n) is 19.5. The van der Waals surface area contributed by atoms with Gasteiger partial charge < -0.3 is 24.6 Å². The molecule has 0 spiro atoms. The van der Waals surface area contributed by atoms with Gasteiger partial charge in [0, 0.05) is 36.5 Å². The molecule has 11 nitrogen and oxygen atoms in total. The molecule has 1 atom stereocenters. The molecule has 34 heavy (non-hydrogen) atoms. The lowest BCUT2D eigenvalue weighted by Gasteiger charge is -2.26. The minimum atomic E-state index is -1.05. The number of Topliss-reactive ketones (excluding diaryl/α,β-unsaturated/α-hetero) is 1. The van der Waals surface area contributed by atoms with Gasteiger partial charge in [-0.2, -0.15) is 0 Å². The Morgan fingerprint density at radius 3 is 2.56 bits per heavy atom. The molecule has 0 unspecified atom stereocenters. The summed E-state index contributed by atoms with van der Waals surface area (Å²) in [4.78, 5) is 55.0. The van der Waals surface area contributed by atoms with Crippen LogP contribution in [0, 0.1) is 24.0 Å². The zero-order chi connectivity index (χ0) is 25.3. The Morgan fingerprint density at radius 2 is 1.97 bits per heavy atom. The van der Waals surface area contributed by atoms with Gasteiger partial charge in [-0.05, 0) is 39.1 Å². The number of H-pyrrole nitrogens is 1. The number of nitro benzene ring substituents is 1. The van der Waals surface area contributed by atoms with Crippen molar-refractivity contribution in [3.63, 3.8) is 0 Å². The third-order valence-electron chi connectivity index (χ3n) is 5.79. The van der Waals surface area contributed by atoms with E-state index in [1.165, 1.54) is 30.2 Å². The van der Waals surface area contributed by atoms with Crippen LogP contribution in [0.3, 0.4) is 0 Å². The van der Waals surface area contributed by atoms with Gasteiger partial charge in [0.25, 0.3) is 17.4 Å². The number of nitrogens with zero attached hydrogens (tertiary/aromatic N) is 3. The van der Waals surface area contributed by atoms with E-state index in [1.807, 2.05) is 4.90 Å². The number of likely N-dealkylation sites (tertiary alicyclic amines) is 1. The smallest absolute Gasteiger partial charge is 0.354 e. The van der Waals surface area contributed by atoms with Crippen LogP contribution in [0.4, 0.5) is 5.69 Å². The summed E-state index contributed by atoms with van der Waals surface area (Å²) in [5.74, 6) is -2.85. The minimum absolute atomic E-state index is 0.107. The number of aliphatic hydroxyl groups is 1. The minimum Gasteiger partial charge on any atom is -0.507 e. The van der Waals surface area contributed by atoms with Gasteiger partial charge >= 0.3 is 5.97 Å². The van der Waals surface area contributed by atoms with Gasteiger partial charge in [-0.25, -0.2) is 4.79 Å². The molecule has 1 amide bonds. The molecule has 1 fully saturated rings. The lowest BCUT2D eigenvalue weighted by atomic mass is 9.94. The van der Waals surface area contributed by atoms with Crippen LogP contribution < -0.4 is 0 Å². The second-order valence-electron chi connectivity index (χ2n) is 8.26. The first-order valence-electron chi connectivity index (χ1n) is 10.4. The Labute approximate surface area is 195 Å². The fourth-order valence-electron chi connectivity index (χ4n) is 4.12. The Kier molecular flexibility index (Phi) is 6.87. The summed E-state index contributed by atoms with van der Waals surface area (Å²) in [6, 6.07) is 4.56. The number of aromatic amines is 1. The van der Waals surface area contributed by atoms with Gasteiger partial charge in [0.05, 0.1) is 23.6 Å². The number of aryl methyl sites for hydroxylation is 1. The Bertz CT molecular complexity index is 1210. The quantitative estimate of drug-likeness (QED) is 0.157. The molecule has 2 heterocycles. The van der Waals surface area contributed by atoms with E-state index in [0.29, 0.717) is 23.4 Å². The molecule has 1 aromatic heterocycles. The van der Waals surface area contributed by atoms with Crippen molar-refractivity contribution < 1.29 is 29.2 Å². The average Bonchev–Trinajstić information content (AvgIpc) is 3.23. The highest BCUT2D eigenvalue weighted by Crippen LogP contribution is 2.41. The topological polar surface area (TPSA) is 146 Å². The number of hydrogen-bond acceptors (Lipinski definition) is 8. The number of ether oxygens (including phenoxy) is 1. The van der Waals surface area contributed by atoms with E-state index in [0.717, 1.165) is 0 Å². The maximum absolute atomic E-state index is 13.1. The van der Waals surface area contributed by atoms with Crippen LogP contribution in [-0.2, 0) is 14.3 Å². The van der Waals surface area contributed by atoms with Crippen molar-refractivity contribution in [1.29, 1.82) is 0 Å².